The Hall–Kier alpha value is -2.48. The number of hydrogen-bond acceptors (Lipinski definition) is 4. The fourth-order valence-corrected chi connectivity index (χ4v) is 2.98. The number of hydrogen-bond donors (Lipinski definition) is 2. The van der Waals surface area contributed by atoms with Crippen molar-refractivity contribution >= 4 is 11.6 Å². The molecule has 0 fully saturated rings. The third kappa shape index (κ3) is 1.37. The van der Waals surface area contributed by atoms with Crippen LogP contribution in [0.4, 0.5) is 5.69 Å². The zero-order valence-corrected chi connectivity index (χ0v) is 10.4. The lowest BCUT2D eigenvalue weighted by molar-refractivity contribution is -0.121. The van der Waals surface area contributed by atoms with E-state index in [4.69, 9.17) is 10.5 Å². The van der Waals surface area contributed by atoms with Crippen LogP contribution < -0.4 is 11.1 Å². The maximum Gasteiger partial charge on any atom is 0.240 e. The molecule has 1 aromatic rings. The Kier molecular flexibility index (Phi) is 2.29. The number of ether oxygens (including phenoxy) is 1. The number of carbonyl (C=O) groups excluding carboxylic acids is 1. The molecule has 2 heterocycles. The van der Waals surface area contributed by atoms with E-state index in [9.17, 15) is 10.1 Å². The van der Waals surface area contributed by atoms with Crippen LogP contribution in [-0.4, -0.2) is 12.0 Å². The van der Waals surface area contributed by atoms with Crippen LogP contribution in [0.1, 0.15) is 18.9 Å². The zero-order chi connectivity index (χ0) is 13.6. The lowest BCUT2D eigenvalue weighted by Gasteiger charge is -2.35. The first-order chi connectivity index (χ1) is 9.09. The second kappa shape index (κ2) is 3.75. The summed E-state index contributed by atoms with van der Waals surface area (Å²) in [6, 6.07) is 9.43. The van der Waals surface area contributed by atoms with Gasteiger partial charge < -0.3 is 15.8 Å². The molecule has 0 aliphatic carbocycles. The highest BCUT2D eigenvalue weighted by Gasteiger charge is 2.54. The van der Waals surface area contributed by atoms with Crippen LogP contribution in [0.5, 0.6) is 0 Å². The van der Waals surface area contributed by atoms with Gasteiger partial charge >= 0.3 is 0 Å². The van der Waals surface area contributed by atoms with Crippen molar-refractivity contribution in [3.8, 4) is 6.07 Å². The quantitative estimate of drug-likeness (QED) is 0.733. The van der Waals surface area contributed by atoms with Crippen LogP contribution >= 0.6 is 0 Å². The van der Waals surface area contributed by atoms with Crippen molar-refractivity contribution in [2.24, 2.45) is 5.73 Å². The fourth-order valence-electron chi connectivity index (χ4n) is 2.98. The van der Waals surface area contributed by atoms with Gasteiger partial charge in [0, 0.05) is 12.1 Å². The number of carbonyl (C=O) groups is 1. The standard InChI is InChI=1S/C14H13N3O2/c1-8-6-14(10(7-15)12(16)19-8)9-4-2-3-5-11(9)17-13(14)18/h2-5,8H,6,16H2,1H3,(H,17,18)/t8?,14-/m0/s1. The van der Waals surface area contributed by atoms with Crippen LogP contribution in [0.2, 0.25) is 0 Å². The smallest absolute Gasteiger partial charge is 0.240 e. The third-order valence-electron chi connectivity index (χ3n) is 3.73. The largest absolute Gasteiger partial charge is 0.476 e. The lowest BCUT2D eigenvalue weighted by atomic mass is 9.70. The van der Waals surface area contributed by atoms with Crippen LogP contribution in [0.3, 0.4) is 0 Å². The Labute approximate surface area is 110 Å². The number of nitrogens with one attached hydrogen (secondary N) is 1. The predicted octanol–water partition coefficient (Wildman–Crippen LogP) is 1.38. The summed E-state index contributed by atoms with van der Waals surface area (Å²) in [4.78, 5) is 12.5. The molecule has 0 radical (unpaired) electrons. The Morgan fingerprint density at radius 1 is 1.53 bits per heavy atom. The Morgan fingerprint density at radius 2 is 2.26 bits per heavy atom. The number of nitrogens with two attached hydrogens (primary N) is 1. The summed E-state index contributed by atoms with van der Waals surface area (Å²) in [5, 5.41) is 12.2. The number of anilines is 1. The van der Waals surface area contributed by atoms with E-state index in [1.807, 2.05) is 37.3 Å². The molecule has 5 heteroatoms. The summed E-state index contributed by atoms with van der Waals surface area (Å²) in [5.74, 6) is -0.156. The number of amides is 1. The first-order valence-corrected chi connectivity index (χ1v) is 6.07. The summed E-state index contributed by atoms with van der Waals surface area (Å²) in [6.07, 6.45) is 0.202. The van der Waals surface area contributed by atoms with Gasteiger partial charge in [-0.15, -0.1) is 0 Å². The van der Waals surface area contributed by atoms with Crippen molar-refractivity contribution in [2.45, 2.75) is 24.9 Å². The SMILES string of the molecule is CC1C[C@@]2(C(=O)Nc3ccccc32)C(C#N)=C(N)O1. The summed E-state index contributed by atoms with van der Waals surface area (Å²) >= 11 is 0. The van der Waals surface area contributed by atoms with Gasteiger partial charge in [-0.05, 0) is 18.6 Å². The predicted molar refractivity (Wildman–Crippen MR) is 68.7 cm³/mol. The summed E-state index contributed by atoms with van der Waals surface area (Å²) in [7, 11) is 0. The molecule has 1 unspecified atom stereocenters. The van der Waals surface area contributed by atoms with E-state index in [0.29, 0.717) is 6.42 Å². The van der Waals surface area contributed by atoms with Gasteiger partial charge in [-0.2, -0.15) is 5.26 Å². The molecule has 96 valence electrons. The molecule has 0 saturated heterocycles. The van der Waals surface area contributed by atoms with Gasteiger partial charge in [-0.1, -0.05) is 18.2 Å². The normalized spacial score (nSPS) is 28.6. The van der Waals surface area contributed by atoms with Crippen LogP contribution in [0.15, 0.2) is 35.7 Å². The van der Waals surface area contributed by atoms with Crippen molar-refractivity contribution in [2.75, 3.05) is 5.32 Å². The maximum absolute atomic E-state index is 12.5. The van der Waals surface area contributed by atoms with Crippen LogP contribution in [0, 0.1) is 11.3 Å². The van der Waals surface area contributed by atoms with E-state index in [0.717, 1.165) is 11.3 Å². The number of benzene rings is 1. The molecule has 0 aromatic heterocycles. The van der Waals surface area contributed by atoms with Gasteiger partial charge in [0.05, 0.1) is 6.10 Å². The molecule has 1 amide bonds. The van der Waals surface area contributed by atoms with Crippen molar-refractivity contribution < 1.29 is 9.53 Å². The molecular formula is C14H13N3O2. The molecule has 0 saturated carbocycles. The summed E-state index contributed by atoms with van der Waals surface area (Å²) in [6.45, 7) is 1.84. The highest BCUT2D eigenvalue weighted by Crippen LogP contribution is 2.48. The van der Waals surface area contributed by atoms with E-state index in [-0.39, 0.29) is 23.5 Å². The van der Waals surface area contributed by atoms with Gasteiger partial charge in [-0.3, -0.25) is 4.79 Å². The van der Waals surface area contributed by atoms with Crippen LogP contribution in [0.25, 0.3) is 0 Å². The second-order valence-corrected chi connectivity index (χ2v) is 4.89. The number of nitriles is 1. The third-order valence-corrected chi connectivity index (χ3v) is 3.73. The Bertz CT molecular complexity index is 644. The molecular weight excluding hydrogens is 242 g/mol. The number of para-hydroxylation sites is 1. The van der Waals surface area contributed by atoms with Gasteiger partial charge in [0.1, 0.15) is 17.1 Å². The van der Waals surface area contributed by atoms with Crippen molar-refractivity contribution in [1.82, 2.24) is 0 Å². The van der Waals surface area contributed by atoms with Gasteiger partial charge in [0.15, 0.2) is 5.88 Å². The maximum atomic E-state index is 12.5. The molecule has 1 spiro atoms. The number of rotatable bonds is 0. The highest BCUT2D eigenvalue weighted by molar-refractivity contribution is 6.09. The van der Waals surface area contributed by atoms with E-state index in [1.165, 1.54) is 0 Å². The molecule has 19 heavy (non-hydrogen) atoms. The van der Waals surface area contributed by atoms with Crippen molar-refractivity contribution in [3.63, 3.8) is 0 Å². The lowest BCUT2D eigenvalue weighted by Crippen LogP contribution is -2.44. The fraction of sp³-hybridized carbons (Fsp3) is 0.286. The summed E-state index contributed by atoms with van der Waals surface area (Å²) in [5.41, 5.74) is 6.54. The molecule has 2 aliphatic heterocycles. The molecule has 2 atom stereocenters. The van der Waals surface area contributed by atoms with Gasteiger partial charge in [0.2, 0.25) is 5.91 Å². The van der Waals surface area contributed by atoms with E-state index in [2.05, 4.69) is 5.32 Å². The number of nitrogens with zero attached hydrogens (tertiary/aromatic N) is 1. The Balaban J connectivity index is 2.30. The first kappa shape index (κ1) is 11.6. The first-order valence-electron chi connectivity index (χ1n) is 6.07. The summed E-state index contributed by atoms with van der Waals surface area (Å²) < 4.78 is 5.39. The minimum atomic E-state index is -1.01. The minimum absolute atomic E-state index is 0.0492. The second-order valence-electron chi connectivity index (χ2n) is 4.89. The number of fused-ring (bicyclic) bond motifs is 2. The van der Waals surface area contributed by atoms with Crippen molar-refractivity contribution in [3.05, 3.63) is 41.3 Å². The van der Waals surface area contributed by atoms with E-state index >= 15 is 0 Å². The zero-order valence-electron chi connectivity index (χ0n) is 10.4. The highest BCUT2D eigenvalue weighted by atomic mass is 16.5. The molecule has 1 aromatic carbocycles. The monoisotopic (exact) mass is 255 g/mol. The molecule has 0 bridgehead atoms. The van der Waals surface area contributed by atoms with Crippen LogP contribution in [-0.2, 0) is 14.9 Å². The van der Waals surface area contributed by atoms with Crippen molar-refractivity contribution in [1.29, 1.82) is 5.26 Å². The van der Waals surface area contributed by atoms with Gasteiger partial charge in [0.25, 0.3) is 0 Å². The average molecular weight is 255 g/mol. The molecule has 3 N–H and O–H groups in total. The molecule has 2 aliphatic rings. The molecule has 5 nitrogen and oxygen atoms in total. The van der Waals surface area contributed by atoms with Gasteiger partial charge in [-0.25, -0.2) is 0 Å². The Morgan fingerprint density at radius 3 is 3.00 bits per heavy atom. The minimum Gasteiger partial charge on any atom is -0.476 e. The van der Waals surface area contributed by atoms with E-state index in [1.54, 1.807) is 0 Å². The topological polar surface area (TPSA) is 88.1 Å². The molecule has 3 rings (SSSR count). The van der Waals surface area contributed by atoms with E-state index < -0.39 is 5.41 Å². The average Bonchev–Trinajstić information content (AvgIpc) is 2.63.